The Morgan fingerprint density at radius 1 is 1.44 bits per heavy atom. The molecule has 0 saturated heterocycles. The van der Waals surface area contributed by atoms with Crippen LogP contribution in [0.1, 0.15) is 11.1 Å². The van der Waals surface area contributed by atoms with E-state index in [-0.39, 0.29) is 18.8 Å². The van der Waals surface area contributed by atoms with Crippen molar-refractivity contribution in [2.45, 2.75) is 5.75 Å². The molecule has 0 amide bonds. The molecule has 0 spiro atoms. The Morgan fingerprint density at radius 3 is 2.83 bits per heavy atom. The van der Waals surface area contributed by atoms with Crippen LogP contribution in [0.5, 0.6) is 0 Å². The zero-order valence-electron chi connectivity index (χ0n) is 9.44. The number of hydrogen-bond acceptors (Lipinski definition) is 4. The van der Waals surface area contributed by atoms with Gasteiger partial charge in [0, 0.05) is 18.0 Å². The van der Waals surface area contributed by atoms with E-state index in [1.54, 1.807) is 24.3 Å². The monoisotopic (exact) mass is 265 g/mol. The number of hydrogen-bond donors (Lipinski definition) is 1. The number of nitrogens with one attached hydrogen (secondary N) is 1. The van der Waals surface area contributed by atoms with Crippen molar-refractivity contribution in [2.24, 2.45) is 5.11 Å². The van der Waals surface area contributed by atoms with Crippen molar-refractivity contribution in [1.29, 1.82) is 5.26 Å². The van der Waals surface area contributed by atoms with Gasteiger partial charge in [0.1, 0.15) is 0 Å². The Morgan fingerprint density at radius 2 is 2.17 bits per heavy atom. The zero-order valence-corrected chi connectivity index (χ0v) is 10.3. The summed E-state index contributed by atoms with van der Waals surface area (Å²) in [5.74, 6) is -0.271. The van der Waals surface area contributed by atoms with E-state index in [0.717, 1.165) is 0 Å². The van der Waals surface area contributed by atoms with E-state index < -0.39 is 10.0 Å². The van der Waals surface area contributed by atoms with Gasteiger partial charge < -0.3 is 0 Å². The number of azide groups is 1. The number of rotatable bonds is 6. The summed E-state index contributed by atoms with van der Waals surface area (Å²) in [6.07, 6.45) is 0. The van der Waals surface area contributed by atoms with E-state index in [2.05, 4.69) is 14.7 Å². The van der Waals surface area contributed by atoms with Gasteiger partial charge in [-0.2, -0.15) is 5.26 Å². The molecule has 7 nitrogen and oxygen atoms in total. The molecule has 0 aliphatic carbocycles. The molecular weight excluding hydrogens is 254 g/mol. The Balaban J connectivity index is 2.71. The third-order valence-electron chi connectivity index (χ3n) is 2.08. The molecule has 1 N–H and O–H groups in total. The van der Waals surface area contributed by atoms with Gasteiger partial charge in [-0.1, -0.05) is 23.3 Å². The molecule has 0 fully saturated rings. The van der Waals surface area contributed by atoms with Crippen molar-refractivity contribution in [3.63, 3.8) is 0 Å². The predicted octanol–water partition coefficient (Wildman–Crippen LogP) is 1.29. The van der Waals surface area contributed by atoms with Gasteiger partial charge in [0.2, 0.25) is 10.0 Å². The van der Waals surface area contributed by atoms with Crippen LogP contribution in [0.25, 0.3) is 10.4 Å². The topological polar surface area (TPSA) is 119 Å². The van der Waals surface area contributed by atoms with Gasteiger partial charge in [-0.15, -0.1) is 0 Å². The fourth-order valence-corrected chi connectivity index (χ4v) is 2.47. The van der Waals surface area contributed by atoms with E-state index in [1.165, 1.54) is 0 Å². The highest BCUT2D eigenvalue weighted by molar-refractivity contribution is 7.88. The van der Waals surface area contributed by atoms with Crippen LogP contribution in [0.2, 0.25) is 0 Å². The Kier molecular flexibility index (Phi) is 5.14. The summed E-state index contributed by atoms with van der Waals surface area (Å²) in [6.45, 7) is 0.0940. The van der Waals surface area contributed by atoms with E-state index in [4.69, 9.17) is 10.8 Å². The first-order chi connectivity index (χ1) is 8.59. The van der Waals surface area contributed by atoms with Crippen molar-refractivity contribution < 1.29 is 8.42 Å². The Hall–Kier alpha value is -2.07. The molecule has 0 heterocycles. The first-order valence-corrected chi connectivity index (χ1v) is 6.70. The molecule has 0 radical (unpaired) electrons. The van der Waals surface area contributed by atoms with E-state index in [1.807, 2.05) is 6.07 Å². The minimum atomic E-state index is -3.53. The third-order valence-corrected chi connectivity index (χ3v) is 3.42. The summed E-state index contributed by atoms with van der Waals surface area (Å²) in [5, 5.41) is 12.1. The average Bonchev–Trinajstić information content (AvgIpc) is 2.35. The number of nitriles is 1. The molecule has 1 aromatic carbocycles. The molecule has 1 aromatic rings. The van der Waals surface area contributed by atoms with Gasteiger partial charge in [-0.3, -0.25) is 0 Å². The van der Waals surface area contributed by atoms with Crippen LogP contribution >= 0.6 is 0 Å². The van der Waals surface area contributed by atoms with Crippen LogP contribution < -0.4 is 4.72 Å². The highest BCUT2D eigenvalue weighted by Gasteiger charge is 2.13. The second-order valence-corrected chi connectivity index (χ2v) is 5.18. The summed E-state index contributed by atoms with van der Waals surface area (Å²) in [5.41, 5.74) is 8.82. The normalized spacial score (nSPS) is 10.4. The zero-order chi connectivity index (χ0) is 13.4. The van der Waals surface area contributed by atoms with Crippen LogP contribution in [0, 0.1) is 11.3 Å². The van der Waals surface area contributed by atoms with Crippen molar-refractivity contribution in [3.8, 4) is 6.07 Å². The maximum atomic E-state index is 11.7. The number of nitrogens with zero attached hydrogens (tertiary/aromatic N) is 4. The summed E-state index contributed by atoms with van der Waals surface area (Å²) in [6, 6.07) is 8.43. The van der Waals surface area contributed by atoms with Gasteiger partial charge in [0.25, 0.3) is 0 Å². The molecule has 0 bridgehead atoms. The van der Waals surface area contributed by atoms with Crippen molar-refractivity contribution in [2.75, 3.05) is 13.1 Å². The summed E-state index contributed by atoms with van der Waals surface area (Å²) >= 11 is 0. The third kappa shape index (κ3) is 4.43. The van der Waals surface area contributed by atoms with Gasteiger partial charge in [-0.25, -0.2) is 13.1 Å². The fourth-order valence-electron chi connectivity index (χ4n) is 1.31. The molecule has 0 aromatic heterocycles. The lowest BCUT2D eigenvalue weighted by atomic mass is 10.1. The molecule has 94 valence electrons. The molecular formula is C10H11N5O2S. The largest absolute Gasteiger partial charge is 0.215 e. The molecule has 0 unspecified atom stereocenters. The molecule has 18 heavy (non-hydrogen) atoms. The quantitative estimate of drug-likeness (QED) is 0.361. The van der Waals surface area contributed by atoms with Gasteiger partial charge in [-0.05, 0) is 17.2 Å². The van der Waals surface area contributed by atoms with Gasteiger partial charge in [0.05, 0.1) is 17.4 Å². The lowest BCUT2D eigenvalue weighted by molar-refractivity contribution is 0.581. The summed E-state index contributed by atoms with van der Waals surface area (Å²) < 4.78 is 25.6. The standard InChI is InChI=1S/C10H11N5O2S/c11-7-9-3-1-2-4-10(9)8-18(16,17)14-6-5-13-15-12/h1-4,14H,5-6,8H2. The van der Waals surface area contributed by atoms with Crippen LogP contribution in [-0.4, -0.2) is 21.5 Å². The number of sulfonamides is 1. The second-order valence-electron chi connectivity index (χ2n) is 3.38. The SMILES string of the molecule is N#Cc1ccccc1CS(=O)(=O)NCCN=[N+]=[N-]. The molecule has 0 aliphatic rings. The first kappa shape index (κ1) is 14.0. The molecule has 8 heteroatoms. The van der Waals surface area contributed by atoms with E-state index in [9.17, 15) is 8.42 Å². The molecule has 1 rings (SSSR count). The number of benzene rings is 1. The summed E-state index contributed by atoms with van der Waals surface area (Å²) in [7, 11) is -3.53. The Bertz CT molecular complexity index is 599. The maximum Gasteiger partial charge on any atom is 0.215 e. The van der Waals surface area contributed by atoms with Gasteiger partial charge >= 0.3 is 0 Å². The Labute approximate surface area is 105 Å². The van der Waals surface area contributed by atoms with Gasteiger partial charge in [0.15, 0.2) is 0 Å². The lowest BCUT2D eigenvalue weighted by Gasteiger charge is -2.06. The van der Waals surface area contributed by atoms with Crippen molar-refractivity contribution in [3.05, 3.63) is 45.8 Å². The highest BCUT2D eigenvalue weighted by Crippen LogP contribution is 2.10. The first-order valence-electron chi connectivity index (χ1n) is 5.05. The molecule has 0 atom stereocenters. The van der Waals surface area contributed by atoms with Crippen LogP contribution in [-0.2, 0) is 15.8 Å². The average molecular weight is 265 g/mol. The molecule has 0 saturated carbocycles. The minimum Gasteiger partial charge on any atom is -0.215 e. The highest BCUT2D eigenvalue weighted by atomic mass is 32.2. The second kappa shape index (κ2) is 6.61. The predicted molar refractivity (Wildman–Crippen MR) is 65.8 cm³/mol. The van der Waals surface area contributed by atoms with E-state index in [0.29, 0.717) is 11.1 Å². The molecule has 0 aliphatic heterocycles. The smallest absolute Gasteiger partial charge is 0.215 e. The van der Waals surface area contributed by atoms with Crippen LogP contribution in [0.15, 0.2) is 29.4 Å². The van der Waals surface area contributed by atoms with Crippen LogP contribution in [0.3, 0.4) is 0 Å². The fraction of sp³-hybridized carbons (Fsp3) is 0.300. The lowest BCUT2D eigenvalue weighted by Crippen LogP contribution is -2.27. The van der Waals surface area contributed by atoms with Crippen molar-refractivity contribution >= 4 is 10.0 Å². The minimum absolute atomic E-state index is 0.0428. The van der Waals surface area contributed by atoms with Crippen LogP contribution in [0.4, 0.5) is 0 Å². The van der Waals surface area contributed by atoms with E-state index >= 15 is 0 Å². The maximum absolute atomic E-state index is 11.7. The van der Waals surface area contributed by atoms with Crippen molar-refractivity contribution in [1.82, 2.24) is 4.72 Å². The summed E-state index contributed by atoms with van der Waals surface area (Å²) in [4.78, 5) is 2.51.